The second-order valence-corrected chi connectivity index (χ2v) is 5.72. The Morgan fingerprint density at radius 3 is 1.50 bits per heavy atom. The van der Waals surface area contributed by atoms with Gasteiger partial charge in [-0.25, -0.2) is 9.59 Å². The summed E-state index contributed by atoms with van der Waals surface area (Å²) >= 11 is 0. The predicted octanol–water partition coefficient (Wildman–Crippen LogP) is 3.50. The Bertz CT molecular complexity index is 673. The molecule has 3 rings (SSSR count). The quantitative estimate of drug-likeness (QED) is 0.603. The molecule has 2 unspecified atom stereocenters. The van der Waals surface area contributed by atoms with Gasteiger partial charge in [0.25, 0.3) is 0 Å². The summed E-state index contributed by atoms with van der Waals surface area (Å²) in [6.07, 6.45) is 0. The van der Waals surface area contributed by atoms with Crippen LogP contribution in [0.25, 0.3) is 0 Å². The lowest BCUT2D eigenvalue weighted by Gasteiger charge is -2.05. The van der Waals surface area contributed by atoms with Gasteiger partial charge < -0.3 is 9.47 Å². The van der Waals surface area contributed by atoms with E-state index in [-0.39, 0.29) is 37.0 Å². The van der Waals surface area contributed by atoms with Crippen molar-refractivity contribution in [2.75, 3.05) is 13.2 Å². The fourth-order valence-electron chi connectivity index (χ4n) is 2.54. The molecule has 2 aromatic rings. The molecule has 24 heavy (non-hydrogen) atoms. The first kappa shape index (κ1) is 16.0. The number of esters is 2. The smallest absolute Gasteiger partial charge is 0.338 e. The molecule has 0 radical (unpaired) electrons. The van der Waals surface area contributed by atoms with Gasteiger partial charge in [0, 0.05) is 11.8 Å². The van der Waals surface area contributed by atoms with Crippen LogP contribution in [0.15, 0.2) is 72.8 Å². The van der Waals surface area contributed by atoms with Gasteiger partial charge in [0.1, 0.15) is 0 Å². The Morgan fingerprint density at radius 1 is 0.750 bits per heavy atom. The number of rotatable bonds is 6. The summed E-state index contributed by atoms with van der Waals surface area (Å²) in [7, 11) is 0. The molecule has 2 aromatic carbocycles. The van der Waals surface area contributed by atoms with E-state index in [1.165, 1.54) is 0 Å². The van der Waals surface area contributed by atoms with Crippen LogP contribution in [0.3, 0.4) is 0 Å². The van der Waals surface area contributed by atoms with E-state index in [0.717, 1.165) is 5.57 Å². The van der Waals surface area contributed by atoms with Crippen molar-refractivity contribution in [1.29, 1.82) is 0 Å². The molecule has 1 aliphatic carbocycles. The molecule has 0 aromatic heterocycles. The summed E-state index contributed by atoms with van der Waals surface area (Å²) in [6, 6.07) is 17.7. The number of carbonyl (C=O) groups excluding carboxylic acids is 2. The molecule has 0 spiro atoms. The third-order valence-electron chi connectivity index (χ3n) is 4.14. The molecule has 0 amide bonds. The first-order valence-electron chi connectivity index (χ1n) is 7.80. The SMILES string of the molecule is C=C1C(COC(=O)c2ccccc2)C1COC(=O)c1ccccc1. The van der Waals surface area contributed by atoms with Crippen molar-refractivity contribution in [2.45, 2.75) is 0 Å². The number of hydrogen-bond acceptors (Lipinski definition) is 4. The molecule has 0 saturated heterocycles. The maximum Gasteiger partial charge on any atom is 0.338 e. The number of hydrogen-bond donors (Lipinski definition) is 0. The van der Waals surface area contributed by atoms with E-state index in [1.807, 2.05) is 12.1 Å². The molecule has 0 aliphatic heterocycles. The summed E-state index contributed by atoms with van der Waals surface area (Å²) in [5, 5.41) is 0. The fourth-order valence-corrected chi connectivity index (χ4v) is 2.54. The van der Waals surface area contributed by atoms with Crippen LogP contribution < -0.4 is 0 Å². The van der Waals surface area contributed by atoms with E-state index in [9.17, 15) is 9.59 Å². The van der Waals surface area contributed by atoms with E-state index in [4.69, 9.17) is 9.47 Å². The highest BCUT2D eigenvalue weighted by Gasteiger charge is 2.44. The van der Waals surface area contributed by atoms with Crippen LogP contribution in [0.4, 0.5) is 0 Å². The minimum Gasteiger partial charge on any atom is -0.461 e. The van der Waals surface area contributed by atoms with Crippen LogP contribution in [0.2, 0.25) is 0 Å². The van der Waals surface area contributed by atoms with Gasteiger partial charge in [0.15, 0.2) is 0 Å². The van der Waals surface area contributed by atoms with Crippen molar-refractivity contribution < 1.29 is 19.1 Å². The van der Waals surface area contributed by atoms with E-state index in [2.05, 4.69) is 6.58 Å². The van der Waals surface area contributed by atoms with E-state index in [1.54, 1.807) is 48.5 Å². The Morgan fingerprint density at radius 2 is 1.12 bits per heavy atom. The zero-order valence-corrected chi connectivity index (χ0v) is 13.2. The normalized spacial score (nSPS) is 18.8. The summed E-state index contributed by atoms with van der Waals surface area (Å²) in [6.45, 7) is 4.48. The molecule has 1 aliphatic rings. The van der Waals surface area contributed by atoms with Crippen molar-refractivity contribution in [2.24, 2.45) is 11.8 Å². The maximum absolute atomic E-state index is 11.9. The molecule has 0 heterocycles. The Hall–Kier alpha value is -2.88. The first-order chi connectivity index (χ1) is 11.7. The standard InChI is InChI=1S/C20H18O4/c1-14-17(12-23-19(21)15-8-4-2-5-9-15)18(14)13-24-20(22)16-10-6-3-7-11-16/h2-11,17-18H,1,12-13H2. The summed E-state index contributed by atoms with van der Waals surface area (Å²) in [5.74, 6) is -0.590. The molecule has 2 atom stereocenters. The minimum atomic E-state index is -0.352. The highest BCUT2D eigenvalue weighted by atomic mass is 16.5. The van der Waals surface area contributed by atoms with Crippen LogP contribution in [0, 0.1) is 11.8 Å². The van der Waals surface area contributed by atoms with Gasteiger partial charge in [-0.05, 0) is 24.3 Å². The molecular formula is C20H18O4. The Balaban J connectivity index is 1.44. The average Bonchev–Trinajstić information content (AvgIpc) is 3.27. The van der Waals surface area contributed by atoms with Crippen molar-refractivity contribution in [3.8, 4) is 0 Å². The zero-order valence-electron chi connectivity index (χ0n) is 13.2. The van der Waals surface area contributed by atoms with Crippen LogP contribution in [0.5, 0.6) is 0 Å². The minimum absolute atomic E-state index is 0.0567. The maximum atomic E-state index is 11.9. The Kier molecular flexibility index (Phi) is 4.75. The van der Waals surface area contributed by atoms with Crippen LogP contribution >= 0.6 is 0 Å². The zero-order chi connectivity index (χ0) is 16.9. The van der Waals surface area contributed by atoms with Gasteiger partial charge in [-0.3, -0.25) is 0 Å². The third kappa shape index (κ3) is 3.71. The van der Waals surface area contributed by atoms with Gasteiger partial charge >= 0.3 is 11.9 Å². The molecule has 0 N–H and O–H groups in total. The monoisotopic (exact) mass is 322 g/mol. The van der Waals surface area contributed by atoms with Crippen LogP contribution in [0.1, 0.15) is 20.7 Å². The summed E-state index contributed by atoms with van der Waals surface area (Å²) < 4.78 is 10.6. The van der Waals surface area contributed by atoms with E-state index in [0.29, 0.717) is 11.1 Å². The van der Waals surface area contributed by atoms with Crippen molar-refractivity contribution in [3.63, 3.8) is 0 Å². The van der Waals surface area contributed by atoms with Gasteiger partial charge in [0.05, 0.1) is 24.3 Å². The molecule has 4 nitrogen and oxygen atoms in total. The highest BCUT2D eigenvalue weighted by Crippen LogP contribution is 2.44. The fraction of sp³-hybridized carbons (Fsp3) is 0.200. The Labute approximate surface area is 140 Å². The average molecular weight is 322 g/mol. The number of ether oxygens (including phenoxy) is 2. The summed E-state index contributed by atoms with van der Waals surface area (Å²) in [4.78, 5) is 23.8. The van der Waals surface area contributed by atoms with Crippen LogP contribution in [-0.4, -0.2) is 25.2 Å². The molecular weight excluding hydrogens is 304 g/mol. The first-order valence-corrected chi connectivity index (χ1v) is 7.80. The van der Waals surface area contributed by atoms with Crippen molar-refractivity contribution >= 4 is 11.9 Å². The predicted molar refractivity (Wildman–Crippen MR) is 89.6 cm³/mol. The molecule has 1 saturated carbocycles. The highest BCUT2D eigenvalue weighted by molar-refractivity contribution is 5.89. The molecule has 0 bridgehead atoms. The second kappa shape index (κ2) is 7.13. The molecule has 122 valence electrons. The van der Waals surface area contributed by atoms with E-state index < -0.39 is 0 Å². The number of benzene rings is 2. The van der Waals surface area contributed by atoms with Gasteiger partial charge in [-0.15, -0.1) is 0 Å². The topological polar surface area (TPSA) is 52.6 Å². The lowest BCUT2D eigenvalue weighted by molar-refractivity contribution is 0.0419. The third-order valence-corrected chi connectivity index (χ3v) is 4.14. The molecule has 4 heteroatoms. The lowest BCUT2D eigenvalue weighted by Crippen LogP contribution is -2.11. The van der Waals surface area contributed by atoms with Crippen molar-refractivity contribution in [3.05, 3.63) is 83.9 Å². The largest absolute Gasteiger partial charge is 0.461 e. The van der Waals surface area contributed by atoms with E-state index >= 15 is 0 Å². The van der Waals surface area contributed by atoms with Gasteiger partial charge in [-0.2, -0.15) is 0 Å². The lowest BCUT2D eigenvalue weighted by atomic mass is 10.2. The molecule has 1 fully saturated rings. The summed E-state index contributed by atoms with van der Waals surface area (Å²) in [5.41, 5.74) is 2.00. The number of carbonyl (C=O) groups is 2. The second-order valence-electron chi connectivity index (χ2n) is 5.72. The van der Waals surface area contributed by atoms with Crippen LogP contribution in [-0.2, 0) is 9.47 Å². The van der Waals surface area contributed by atoms with Crippen molar-refractivity contribution in [1.82, 2.24) is 0 Å². The van der Waals surface area contributed by atoms with Gasteiger partial charge in [-0.1, -0.05) is 48.6 Å². The van der Waals surface area contributed by atoms with Gasteiger partial charge in [0.2, 0.25) is 0 Å².